The van der Waals surface area contributed by atoms with Gasteiger partial charge in [0.05, 0.1) is 18.4 Å². The smallest absolute Gasteiger partial charge is 0.408 e. The number of pyridine rings is 1. The zero-order valence-corrected chi connectivity index (χ0v) is 33.6. The molecule has 2 aliphatic heterocycles. The minimum atomic E-state index is -4.01. The third-order valence-corrected chi connectivity index (χ3v) is 14.2. The van der Waals surface area contributed by atoms with E-state index in [-0.39, 0.29) is 37.1 Å². The summed E-state index contributed by atoms with van der Waals surface area (Å²) in [5.74, 6) is -1.83. The molecule has 2 aromatic rings. The number of benzene rings is 1. The van der Waals surface area contributed by atoms with Crippen molar-refractivity contribution in [3.05, 3.63) is 42.6 Å². The highest BCUT2D eigenvalue weighted by atomic mass is 32.2. The lowest BCUT2D eigenvalue weighted by molar-refractivity contribution is -0.146. The van der Waals surface area contributed by atoms with Crippen LogP contribution in [0.15, 0.2) is 42.6 Å². The lowest BCUT2D eigenvalue weighted by Gasteiger charge is -2.44. The molecule has 7 atom stereocenters. The first-order valence-electron chi connectivity index (χ1n) is 19.3. The van der Waals surface area contributed by atoms with Crippen molar-refractivity contribution in [2.75, 3.05) is 13.7 Å². The van der Waals surface area contributed by atoms with E-state index in [1.54, 1.807) is 47.1 Å². The number of fused-ring (bicyclic) bond motifs is 3. The van der Waals surface area contributed by atoms with E-state index in [4.69, 9.17) is 9.47 Å². The molecule has 15 heteroatoms. The average Bonchev–Trinajstić information content (AvgIpc) is 4.00. The molecule has 2 saturated carbocycles. The Bertz CT molecular complexity index is 1980. The Morgan fingerprint density at radius 1 is 1.15 bits per heavy atom. The summed E-state index contributed by atoms with van der Waals surface area (Å²) in [6.45, 7) is 10.8. The molecular weight excluding hydrogens is 727 g/mol. The number of rotatable bonds is 8. The second-order valence-corrected chi connectivity index (χ2v) is 19.3. The maximum absolute atomic E-state index is 15.2. The van der Waals surface area contributed by atoms with Gasteiger partial charge in [0.2, 0.25) is 27.7 Å². The van der Waals surface area contributed by atoms with Gasteiger partial charge >= 0.3 is 6.09 Å². The van der Waals surface area contributed by atoms with Crippen molar-refractivity contribution >= 4 is 44.6 Å². The molecule has 300 valence electrons. The van der Waals surface area contributed by atoms with Crippen molar-refractivity contribution in [1.82, 2.24) is 24.8 Å². The topological polar surface area (TPSA) is 185 Å². The van der Waals surface area contributed by atoms with Gasteiger partial charge in [0.25, 0.3) is 5.91 Å². The van der Waals surface area contributed by atoms with Crippen LogP contribution in [0.2, 0.25) is 0 Å². The van der Waals surface area contributed by atoms with Crippen LogP contribution in [-0.4, -0.2) is 99.8 Å². The highest BCUT2D eigenvalue weighted by molar-refractivity contribution is 7.91. The minimum Gasteiger partial charge on any atom is -0.496 e. The van der Waals surface area contributed by atoms with Crippen LogP contribution >= 0.6 is 0 Å². The number of carbonyl (C=O) groups is 4. The molecule has 0 unspecified atom stereocenters. The second kappa shape index (κ2) is 14.9. The van der Waals surface area contributed by atoms with E-state index in [0.717, 1.165) is 11.8 Å². The molecule has 4 aliphatic rings. The molecule has 6 rings (SSSR count). The van der Waals surface area contributed by atoms with Gasteiger partial charge in [0.1, 0.15) is 29.5 Å². The van der Waals surface area contributed by atoms with E-state index in [1.165, 1.54) is 9.80 Å². The first-order chi connectivity index (χ1) is 25.9. The number of amides is 4. The Hall–Kier alpha value is -4.40. The molecular formula is C40H55N5O9S. The number of aromatic nitrogens is 1. The maximum atomic E-state index is 15.2. The van der Waals surface area contributed by atoms with Crippen LogP contribution in [0.25, 0.3) is 10.8 Å². The van der Waals surface area contributed by atoms with Crippen LogP contribution < -0.4 is 19.5 Å². The number of sulfonamides is 1. The molecule has 2 aliphatic carbocycles. The largest absolute Gasteiger partial charge is 0.496 e. The third-order valence-electron chi connectivity index (χ3n) is 12.0. The van der Waals surface area contributed by atoms with Gasteiger partial charge in [0, 0.05) is 34.8 Å². The van der Waals surface area contributed by atoms with Gasteiger partial charge in [-0.15, -0.1) is 0 Å². The van der Waals surface area contributed by atoms with Crippen molar-refractivity contribution in [2.24, 2.45) is 17.8 Å². The number of allylic oxidation sites excluding steroid dienone is 1. The fourth-order valence-corrected chi connectivity index (χ4v) is 9.65. The molecule has 14 nitrogen and oxygen atoms in total. The molecule has 4 amide bonds. The molecule has 3 heterocycles. The number of methoxy groups -OCH3 is 1. The molecule has 3 fully saturated rings. The SMILES string of the molecule is CC[C@@H]1C[C@@H](C)CC/C=C\[C@@H]2C[C@@]2(C(=O)NS(=O)(=O)C2(C)CC2)NC(=O)[C@@H]2C[C@@H](Oc3nccc4c(OC)cccc34)CN2C(=O)[C@H]1N(C(=O)O)C(C)(C)C. The monoisotopic (exact) mass is 781 g/mol. The molecule has 0 radical (unpaired) electrons. The van der Waals surface area contributed by atoms with E-state index < -0.39 is 73.8 Å². The summed E-state index contributed by atoms with van der Waals surface area (Å²) < 4.78 is 39.7. The van der Waals surface area contributed by atoms with Gasteiger partial charge < -0.3 is 24.8 Å². The number of hydrogen-bond acceptors (Lipinski definition) is 9. The molecule has 1 aromatic carbocycles. The van der Waals surface area contributed by atoms with Crippen molar-refractivity contribution in [1.29, 1.82) is 0 Å². The van der Waals surface area contributed by atoms with E-state index in [0.29, 0.717) is 43.2 Å². The van der Waals surface area contributed by atoms with Crippen LogP contribution in [0.4, 0.5) is 4.79 Å². The van der Waals surface area contributed by atoms with Gasteiger partial charge in [-0.3, -0.25) is 24.0 Å². The van der Waals surface area contributed by atoms with Crippen LogP contribution in [0, 0.1) is 17.8 Å². The van der Waals surface area contributed by atoms with Crippen molar-refractivity contribution in [2.45, 2.75) is 127 Å². The van der Waals surface area contributed by atoms with Gasteiger partial charge in [-0.2, -0.15) is 0 Å². The van der Waals surface area contributed by atoms with Crippen molar-refractivity contribution < 1.29 is 42.2 Å². The summed E-state index contributed by atoms with van der Waals surface area (Å²) in [6, 6.07) is 4.96. The van der Waals surface area contributed by atoms with Gasteiger partial charge in [-0.1, -0.05) is 38.5 Å². The van der Waals surface area contributed by atoms with Crippen LogP contribution in [0.1, 0.15) is 92.9 Å². The Kier molecular flexibility index (Phi) is 10.9. The predicted octanol–water partition coefficient (Wildman–Crippen LogP) is 5.01. The number of hydrogen-bond donors (Lipinski definition) is 3. The fourth-order valence-electron chi connectivity index (χ4n) is 8.33. The Balaban J connectivity index is 1.41. The predicted molar refractivity (Wildman–Crippen MR) is 206 cm³/mol. The molecule has 55 heavy (non-hydrogen) atoms. The lowest BCUT2D eigenvalue weighted by atomic mass is 9.82. The van der Waals surface area contributed by atoms with E-state index in [1.807, 2.05) is 37.3 Å². The van der Waals surface area contributed by atoms with E-state index in [2.05, 4.69) is 21.9 Å². The Labute approximate surface area is 323 Å². The molecule has 0 spiro atoms. The first kappa shape index (κ1) is 40.3. The van der Waals surface area contributed by atoms with Gasteiger partial charge in [-0.05, 0) is 96.3 Å². The second-order valence-electron chi connectivity index (χ2n) is 17.1. The highest BCUT2D eigenvalue weighted by Crippen LogP contribution is 2.48. The average molecular weight is 782 g/mol. The normalized spacial score (nSPS) is 30.1. The van der Waals surface area contributed by atoms with Crippen LogP contribution in [-0.2, 0) is 24.4 Å². The van der Waals surface area contributed by atoms with Crippen LogP contribution in [0.3, 0.4) is 0 Å². The van der Waals surface area contributed by atoms with E-state index >= 15 is 4.79 Å². The summed E-state index contributed by atoms with van der Waals surface area (Å²) in [4.78, 5) is 63.9. The Morgan fingerprint density at radius 2 is 1.87 bits per heavy atom. The summed E-state index contributed by atoms with van der Waals surface area (Å²) in [7, 11) is -2.45. The number of nitrogens with one attached hydrogen (secondary N) is 2. The first-order valence-corrected chi connectivity index (χ1v) is 20.8. The van der Waals surface area contributed by atoms with E-state index in [9.17, 15) is 27.9 Å². The Morgan fingerprint density at radius 3 is 2.51 bits per heavy atom. The summed E-state index contributed by atoms with van der Waals surface area (Å²) in [5.41, 5.74) is -2.52. The summed E-state index contributed by atoms with van der Waals surface area (Å²) in [6.07, 6.45) is 6.95. The molecule has 1 saturated heterocycles. The number of carbonyl (C=O) groups excluding carboxylic acids is 3. The van der Waals surface area contributed by atoms with Crippen molar-refractivity contribution in [3.8, 4) is 11.6 Å². The fraction of sp³-hybridized carbons (Fsp3) is 0.625. The quantitative estimate of drug-likeness (QED) is 0.308. The van der Waals surface area contributed by atoms with Gasteiger partial charge in [0.15, 0.2) is 0 Å². The third kappa shape index (κ3) is 7.86. The summed E-state index contributed by atoms with van der Waals surface area (Å²) in [5, 5.41) is 15.0. The molecule has 0 bridgehead atoms. The number of nitrogens with zero attached hydrogens (tertiary/aromatic N) is 3. The maximum Gasteiger partial charge on any atom is 0.408 e. The molecule has 1 aromatic heterocycles. The zero-order chi connectivity index (χ0) is 40.1. The zero-order valence-electron chi connectivity index (χ0n) is 32.8. The van der Waals surface area contributed by atoms with Crippen LogP contribution in [0.5, 0.6) is 11.6 Å². The summed E-state index contributed by atoms with van der Waals surface area (Å²) >= 11 is 0. The number of ether oxygens (including phenoxy) is 2. The highest BCUT2D eigenvalue weighted by Gasteiger charge is 2.63. The standard InChI is InChI=1S/C40H55N5O9S/c1-8-25-20-24(2)12-9-10-13-26-22-40(26,36(48)43-55(51,52)39(6)17-18-39)42-33(46)30-21-27(23-44(30)35(47)32(25)45(37(49)50)38(3,4)5)54-34-29-14-11-15-31(53-7)28(29)16-19-41-34/h10-11,13-16,19,24-27,30,32H,8-9,12,17-18,20-23H2,1-7H3,(H,42,46)(H,43,48)(H,49,50)/b13-10-/t24-,25+,26+,27+,30-,32-,40+/m0/s1. The number of carboxylic acid groups (broad SMARTS) is 1. The lowest BCUT2D eigenvalue weighted by Crippen LogP contribution is -2.62. The van der Waals surface area contributed by atoms with Crippen molar-refractivity contribution in [3.63, 3.8) is 0 Å². The minimum absolute atomic E-state index is 0.0106. The van der Waals surface area contributed by atoms with Gasteiger partial charge in [-0.25, -0.2) is 18.2 Å². The molecule has 3 N–H and O–H groups in total.